The van der Waals surface area contributed by atoms with E-state index in [0.29, 0.717) is 6.42 Å². The summed E-state index contributed by atoms with van der Waals surface area (Å²) in [6.45, 7) is 0.247. The molecule has 2 aromatic carbocycles. The predicted octanol–water partition coefficient (Wildman–Crippen LogP) is 4.70. The van der Waals surface area contributed by atoms with Crippen LogP contribution in [0.1, 0.15) is 36.3 Å². The van der Waals surface area contributed by atoms with Crippen LogP contribution < -0.4 is 14.8 Å². The van der Waals surface area contributed by atoms with Crippen LogP contribution in [0.15, 0.2) is 52.6 Å². The molecule has 5 rings (SSSR count). The second-order valence-corrected chi connectivity index (χ2v) is 7.67. The molecule has 1 atom stereocenters. The third-order valence-corrected chi connectivity index (χ3v) is 6.08. The number of ketones is 1. The van der Waals surface area contributed by atoms with Gasteiger partial charge in [0, 0.05) is 40.3 Å². The number of fused-ring (bicyclic) bond motifs is 2. The minimum absolute atomic E-state index is 0.0561. The van der Waals surface area contributed by atoms with Crippen molar-refractivity contribution in [3.05, 3.63) is 58.8 Å². The molecule has 1 aliphatic carbocycles. The van der Waals surface area contributed by atoms with Crippen LogP contribution in [0.25, 0.3) is 0 Å². The van der Waals surface area contributed by atoms with Crippen molar-refractivity contribution in [3.8, 4) is 11.5 Å². The minimum atomic E-state index is -0.0561. The molecule has 0 unspecified atom stereocenters. The Balaban J connectivity index is 1.70. The first-order valence-electron chi connectivity index (χ1n) is 8.85. The third-order valence-electron chi connectivity index (χ3n) is 5.34. The molecule has 3 aliphatic rings. The molecule has 0 fully saturated rings. The van der Waals surface area contributed by atoms with Gasteiger partial charge in [-0.1, -0.05) is 12.1 Å². The molecule has 2 aromatic rings. The molecule has 2 aliphatic heterocycles. The zero-order chi connectivity index (χ0) is 17.7. The lowest BCUT2D eigenvalue weighted by Gasteiger charge is -2.34. The number of Topliss-reactive ketones (excluding diaryl/α,β-unsaturated/α-hetero) is 1. The van der Waals surface area contributed by atoms with Crippen molar-refractivity contribution in [2.75, 3.05) is 18.4 Å². The van der Waals surface area contributed by atoms with Crippen LogP contribution in [-0.4, -0.2) is 18.8 Å². The zero-order valence-corrected chi connectivity index (χ0v) is 15.3. The van der Waals surface area contributed by atoms with E-state index < -0.39 is 0 Å². The number of nitrogens with one attached hydrogen (secondary N) is 1. The fourth-order valence-corrected chi connectivity index (χ4v) is 4.50. The number of ether oxygens (including phenoxy) is 2. The maximum atomic E-state index is 12.8. The van der Waals surface area contributed by atoms with Crippen molar-refractivity contribution in [2.24, 2.45) is 0 Å². The second kappa shape index (κ2) is 6.09. The van der Waals surface area contributed by atoms with E-state index in [2.05, 4.69) is 35.8 Å². The molecule has 26 heavy (non-hydrogen) atoms. The van der Waals surface area contributed by atoms with Crippen LogP contribution in [0.5, 0.6) is 11.5 Å². The molecule has 0 saturated heterocycles. The summed E-state index contributed by atoms with van der Waals surface area (Å²) in [5.74, 6) is 1.71. The predicted molar refractivity (Wildman–Crippen MR) is 102 cm³/mol. The van der Waals surface area contributed by atoms with Gasteiger partial charge in [0.05, 0.1) is 0 Å². The molecule has 0 amide bonds. The Morgan fingerprint density at radius 1 is 1.08 bits per heavy atom. The average Bonchev–Trinajstić information content (AvgIpc) is 3.12. The Hall–Kier alpha value is -2.40. The van der Waals surface area contributed by atoms with Crippen molar-refractivity contribution in [3.63, 3.8) is 0 Å². The van der Waals surface area contributed by atoms with E-state index in [9.17, 15) is 4.79 Å². The highest BCUT2D eigenvalue weighted by molar-refractivity contribution is 7.98. The second-order valence-electron chi connectivity index (χ2n) is 6.79. The summed E-state index contributed by atoms with van der Waals surface area (Å²) >= 11 is 1.72. The van der Waals surface area contributed by atoms with Gasteiger partial charge in [-0.3, -0.25) is 4.79 Å². The number of carbonyl (C=O) groups excluding carboxylic acids is 1. The Kier molecular flexibility index (Phi) is 3.71. The van der Waals surface area contributed by atoms with Gasteiger partial charge in [0.15, 0.2) is 17.3 Å². The SMILES string of the molecule is CSc1ccc([C@H]2C3=C(CCCC3=O)Nc3cc4c(cc32)OCO4)cc1. The summed E-state index contributed by atoms with van der Waals surface area (Å²) in [6, 6.07) is 12.6. The molecular weight excluding hydrogens is 346 g/mol. The quantitative estimate of drug-likeness (QED) is 0.782. The van der Waals surface area contributed by atoms with Crippen molar-refractivity contribution in [1.29, 1.82) is 0 Å². The highest BCUT2D eigenvalue weighted by atomic mass is 32.2. The van der Waals surface area contributed by atoms with E-state index in [4.69, 9.17) is 9.47 Å². The van der Waals surface area contributed by atoms with Gasteiger partial charge in [0.25, 0.3) is 0 Å². The molecule has 1 N–H and O–H groups in total. The summed E-state index contributed by atoms with van der Waals surface area (Å²) in [4.78, 5) is 14.0. The molecule has 0 radical (unpaired) electrons. The monoisotopic (exact) mass is 365 g/mol. The van der Waals surface area contributed by atoms with E-state index in [1.165, 1.54) is 4.90 Å². The fourth-order valence-electron chi connectivity index (χ4n) is 4.09. The topological polar surface area (TPSA) is 47.6 Å². The Bertz CT molecular complexity index is 933. The zero-order valence-electron chi connectivity index (χ0n) is 14.5. The van der Waals surface area contributed by atoms with Crippen LogP contribution >= 0.6 is 11.8 Å². The number of thioether (sulfide) groups is 1. The van der Waals surface area contributed by atoms with Gasteiger partial charge in [-0.05, 0) is 48.4 Å². The van der Waals surface area contributed by atoms with Gasteiger partial charge in [0.2, 0.25) is 6.79 Å². The number of benzene rings is 2. The molecular formula is C21H19NO3S. The first-order valence-corrected chi connectivity index (χ1v) is 10.1. The van der Waals surface area contributed by atoms with E-state index in [1.807, 2.05) is 12.1 Å². The van der Waals surface area contributed by atoms with Gasteiger partial charge >= 0.3 is 0 Å². The van der Waals surface area contributed by atoms with Gasteiger partial charge in [0.1, 0.15) is 0 Å². The van der Waals surface area contributed by atoms with Gasteiger partial charge in [-0.25, -0.2) is 0 Å². The number of anilines is 1. The van der Waals surface area contributed by atoms with Crippen molar-refractivity contribution in [2.45, 2.75) is 30.1 Å². The molecule has 2 heterocycles. The lowest BCUT2D eigenvalue weighted by atomic mass is 9.75. The summed E-state index contributed by atoms with van der Waals surface area (Å²) in [6.07, 6.45) is 4.51. The van der Waals surface area contributed by atoms with E-state index in [1.54, 1.807) is 11.8 Å². The molecule has 0 aromatic heterocycles. The first-order chi connectivity index (χ1) is 12.7. The lowest BCUT2D eigenvalue weighted by Crippen LogP contribution is -2.26. The van der Waals surface area contributed by atoms with Crippen molar-refractivity contribution >= 4 is 23.2 Å². The Morgan fingerprint density at radius 2 is 1.85 bits per heavy atom. The van der Waals surface area contributed by atoms with Crippen molar-refractivity contribution in [1.82, 2.24) is 0 Å². The first kappa shape index (κ1) is 15.8. The maximum absolute atomic E-state index is 12.8. The smallest absolute Gasteiger partial charge is 0.231 e. The lowest BCUT2D eigenvalue weighted by molar-refractivity contribution is -0.116. The fraction of sp³-hybridized carbons (Fsp3) is 0.286. The van der Waals surface area contributed by atoms with Gasteiger partial charge in [-0.2, -0.15) is 0 Å². The minimum Gasteiger partial charge on any atom is -0.454 e. The molecule has 0 bridgehead atoms. The van der Waals surface area contributed by atoms with Crippen LogP contribution in [0.3, 0.4) is 0 Å². The summed E-state index contributed by atoms with van der Waals surface area (Å²) in [5.41, 5.74) is 5.22. The molecule has 5 heteroatoms. The number of hydrogen-bond acceptors (Lipinski definition) is 5. The van der Waals surface area contributed by atoms with Crippen LogP contribution in [0.4, 0.5) is 5.69 Å². The van der Waals surface area contributed by atoms with Gasteiger partial charge < -0.3 is 14.8 Å². The largest absolute Gasteiger partial charge is 0.454 e. The number of hydrogen-bond donors (Lipinski definition) is 1. The number of allylic oxidation sites excluding steroid dienone is 2. The molecule has 0 spiro atoms. The van der Waals surface area contributed by atoms with E-state index in [0.717, 1.165) is 52.4 Å². The average molecular weight is 365 g/mol. The van der Waals surface area contributed by atoms with Crippen LogP contribution in [0, 0.1) is 0 Å². The Morgan fingerprint density at radius 3 is 2.62 bits per heavy atom. The summed E-state index contributed by atoms with van der Waals surface area (Å²) in [7, 11) is 0. The maximum Gasteiger partial charge on any atom is 0.231 e. The number of rotatable bonds is 2. The van der Waals surface area contributed by atoms with Crippen LogP contribution in [0.2, 0.25) is 0 Å². The molecule has 4 nitrogen and oxygen atoms in total. The van der Waals surface area contributed by atoms with Crippen molar-refractivity contribution < 1.29 is 14.3 Å². The highest BCUT2D eigenvalue weighted by Gasteiger charge is 2.36. The summed E-state index contributed by atoms with van der Waals surface area (Å²) in [5, 5.41) is 3.50. The standard InChI is InChI=1S/C21H19NO3S/c1-26-13-7-5-12(6-8-13)20-14-9-18-19(25-11-24-18)10-16(14)22-15-3-2-4-17(23)21(15)20/h5-10,20,22H,2-4,11H2,1H3/t20-/m1/s1. The van der Waals surface area contributed by atoms with E-state index in [-0.39, 0.29) is 18.5 Å². The van der Waals surface area contributed by atoms with Gasteiger partial charge in [-0.15, -0.1) is 11.8 Å². The normalized spacial score (nSPS) is 20.5. The van der Waals surface area contributed by atoms with Crippen LogP contribution in [-0.2, 0) is 4.79 Å². The highest BCUT2D eigenvalue weighted by Crippen LogP contribution is 2.49. The van der Waals surface area contributed by atoms with E-state index >= 15 is 0 Å². The number of carbonyl (C=O) groups is 1. The molecule has 132 valence electrons. The third kappa shape index (κ3) is 2.42. The molecule has 0 saturated carbocycles. The summed E-state index contributed by atoms with van der Waals surface area (Å²) < 4.78 is 11.1. The Labute approximate surface area is 156 Å².